The molecule has 17 heavy (non-hydrogen) atoms. The topological polar surface area (TPSA) is 66.9 Å². The summed E-state index contributed by atoms with van der Waals surface area (Å²) in [6, 6.07) is 0. The molecule has 5 nitrogen and oxygen atoms in total. The van der Waals surface area contributed by atoms with Crippen LogP contribution in [0.25, 0.3) is 0 Å². The molecule has 1 saturated heterocycles. The van der Waals surface area contributed by atoms with Crippen molar-refractivity contribution >= 4 is 22.4 Å². The molecule has 2 heterocycles. The number of carbonyl (C=O) groups is 1. The summed E-state index contributed by atoms with van der Waals surface area (Å²) >= 11 is 1.49. The Labute approximate surface area is 105 Å². The Balaban J connectivity index is 1.85. The van der Waals surface area contributed by atoms with E-state index < -0.39 is 0 Å². The standard InChI is InChI=1S/C11H18N4OS/c1-2-3-4-9-14-15-11(17-9)13-10(16)8-5-6-12-7-8/h8,12H,2-7H2,1H3,(H,13,15,16). The minimum Gasteiger partial charge on any atom is -0.316 e. The van der Waals surface area contributed by atoms with Crippen LogP contribution in [-0.2, 0) is 11.2 Å². The predicted molar refractivity (Wildman–Crippen MR) is 68.1 cm³/mol. The third-order valence-corrected chi connectivity index (χ3v) is 3.77. The normalized spacial score (nSPS) is 19.5. The molecule has 0 bridgehead atoms. The fraction of sp³-hybridized carbons (Fsp3) is 0.727. The van der Waals surface area contributed by atoms with Crippen LogP contribution in [0.3, 0.4) is 0 Å². The number of hydrogen-bond donors (Lipinski definition) is 2. The van der Waals surface area contributed by atoms with Gasteiger partial charge in [-0.15, -0.1) is 10.2 Å². The maximum Gasteiger partial charge on any atom is 0.230 e. The van der Waals surface area contributed by atoms with Crippen molar-refractivity contribution < 1.29 is 4.79 Å². The Kier molecular flexibility index (Phi) is 4.44. The number of rotatable bonds is 5. The molecule has 1 amide bonds. The van der Waals surface area contributed by atoms with Gasteiger partial charge in [-0.05, 0) is 19.4 Å². The molecule has 1 aromatic heterocycles. The third-order valence-electron chi connectivity index (χ3n) is 2.87. The van der Waals surface area contributed by atoms with Gasteiger partial charge < -0.3 is 10.6 Å². The summed E-state index contributed by atoms with van der Waals surface area (Å²) in [4.78, 5) is 11.8. The van der Waals surface area contributed by atoms with Gasteiger partial charge in [0.1, 0.15) is 5.01 Å². The van der Waals surface area contributed by atoms with Crippen molar-refractivity contribution in [3.8, 4) is 0 Å². The number of amides is 1. The molecule has 1 aliphatic rings. The fourth-order valence-electron chi connectivity index (χ4n) is 1.82. The van der Waals surface area contributed by atoms with Gasteiger partial charge >= 0.3 is 0 Å². The molecule has 1 unspecified atom stereocenters. The predicted octanol–water partition coefficient (Wildman–Crippen LogP) is 1.43. The van der Waals surface area contributed by atoms with Crippen LogP contribution in [0.2, 0.25) is 0 Å². The molecule has 2 N–H and O–H groups in total. The first-order valence-electron chi connectivity index (χ1n) is 6.13. The lowest BCUT2D eigenvalue weighted by Crippen LogP contribution is -2.24. The Hall–Kier alpha value is -1.01. The minimum absolute atomic E-state index is 0.0631. The minimum atomic E-state index is 0.0631. The maximum absolute atomic E-state index is 11.8. The zero-order valence-corrected chi connectivity index (χ0v) is 10.8. The van der Waals surface area contributed by atoms with E-state index in [4.69, 9.17) is 0 Å². The lowest BCUT2D eigenvalue weighted by atomic mass is 10.1. The second-order valence-electron chi connectivity index (χ2n) is 4.28. The van der Waals surface area contributed by atoms with Gasteiger partial charge in [0.15, 0.2) is 0 Å². The molecule has 0 aromatic carbocycles. The SMILES string of the molecule is CCCCc1nnc(NC(=O)C2CCNC2)s1. The molecule has 94 valence electrons. The number of aryl methyl sites for hydroxylation is 1. The second-order valence-corrected chi connectivity index (χ2v) is 5.35. The van der Waals surface area contributed by atoms with Crippen LogP contribution < -0.4 is 10.6 Å². The Morgan fingerprint density at radius 2 is 2.47 bits per heavy atom. The van der Waals surface area contributed by atoms with Gasteiger partial charge in [-0.3, -0.25) is 4.79 Å². The molecular formula is C11H18N4OS. The summed E-state index contributed by atoms with van der Waals surface area (Å²) in [5.41, 5.74) is 0. The van der Waals surface area contributed by atoms with Crippen LogP contribution in [0.4, 0.5) is 5.13 Å². The lowest BCUT2D eigenvalue weighted by Gasteiger charge is -2.06. The highest BCUT2D eigenvalue weighted by molar-refractivity contribution is 7.15. The maximum atomic E-state index is 11.8. The van der Waals surface area contributed by atoms with E-state index in [-0.39, 0.29) is 11.8 Å². The number of anilines is 1. The fourth-order valence-corrected chi connectivity index (χ4v) is 2.60. The number of nitrogens with zero attached hydrogens (tertiary/aromatic N) is 2. The van der Waals surface area contributed by atoms with Gasteiger partial charge in [-0.1, -0.05) is 24.7 Å². The van der Waals surface area contributed by atoms with Crippen LogP contribution in [0.15, 0.2) is 0 Å². The smallest absolute Gasteiger partial charge is 0.230 e. The first-order chi connectivity index (χ1) is 8.29. The first kappa shape index (κ1) is 12.4. The van der Waals surface area contributed by atoms with E-state index in [1.165, 1.54) is 11.3 Å². The zero-order chi connectivity index (χ0) is 12.1. The van der Waals surface area contributed by atoms with Gasteiger partial charge in [0, 0.05) is 13.0 Å². The van der Waals surface area contributed by atoms with Crippen LogP contribution >= 0.6 is 11.3 Å². The van der Waals surface area contributed by atoms with E-state index in [9.17, 15) is 4.79 Å². The first-order valence-corrected chi connectivity index (χ1v) is 6.95. The van der Waals surface area contributed by atoms with E-state index >= 15 is 0 Å². The van der Waals surface area contributed by atoms with Crippen molar-refractivity contribution in [3.63, 3.8) is 0 Å². The van der Waals surface area contributed by atoms with Gasteiger partial charge in [0.2, 0.25) is 11.0 Å². The molecular weight excluding hydrogens is 236 g/mol. The summed E-state index contributed by atoms with van der Waals surface area (Å²) in [7, 11) is 0. The molecule has 1 aromatic rings. The summed E-state index contributed by atoms with van der Waals surface area (Å²) in [5.74, 6) is 0.145. The van der Waals surface area contributed by atoms with Crippen molar-refractivity contribution in [3.05, 3.63) is 5.01 Å². The highest BCUT2D eigenvalue weighted by Crippen LogP contribution is 2.19. The van der Waals surface area contributed by atoms with E-state index in [2.05, 4.69) is 27.8 Å². The van der Waals surface area contributed by atoms with Crippen molar-refractivity contribution in [2.75, 3.05) is 18.4 Å². The summed E-state index contributed by atoms with van der Waals surface area (Å²) in [5, 5.41) is 15.7. The Bertz CT molecular complexity index is 373. The molecule has 0 radical (unpaired) electrons. The average molecular weight is 254 g/mol. The number of unbranched alkanes of at least 4 members (excludes halogenated alkanes) is 1. The van der Waals surface area contributed by atoms with E-state index in [0.717, 1.165) is 43.8 Å². The molecule has 6 heteroatoms. The van der Waals surface area contributed by atoms with Crippen LogP contribution in [-0.4, -0.2) is 29.2 Å². The van der Waals surface area contributed by atoms with Crippen LogP contribution in [0.1, 0.15) is 31.2 Å². The summed E-state index contributed by atoms with van der Waals surface area (Å²) in [6.07, 6.45) is 4.13. The molecule has 0 saturated carbocycles. The summed E-state index contributed by atoms with van der Waals surface area (Å²) in [6.45, 7) is 3.85. The van der Waals surface area contributed by atoms with Gasteiger partial charge in [-0.2, -0.15) is 0 Å². The number of aromatic nitrogens is 2. The lowest BCUT2D eigenvalue weighted by molar-refractivity contribution is -0.119. The van der Waals surface area contributed by atoms with Crippen LogP contribution in [0.5, 0.6) is 0 Å². The average Bonchev–Trinajstić information content (AvgIpc) is 2.97. The van der Waals surface area contributed by atoms with E-state index in [1.807, 2.05) is 0 Å². The quantitative estimate of drug-likeness (QED) is 0.834. The van der Waals surface area contributed by atoms with Crippen molar-refractivity contribution in [1.82, 2.24) is 15.5 Å². The van der Waals surface area contributed by atoms with Gasteiger partial charge in [-0.25, -0.2) is 0 Å². The highest BCUT2D eigenvalue weighted by atomic mass is 32.1. The van der Waals surface area contributed by atoms with Crippen molar-refractivity contribution in [1.29, 1.82) is 0 Å². The van der Waals surface area contributed by atoms with Gasteiger partial charge in [0.05, 0.1) is 5.92 Å². The monoisotopic (exact) mass is 254 g/mol. The molecule has 1 atom stereocenters. The Morgan fingerprint density at radius 3 is 3.18 bits per heavy atom. The van der Waals surface area contributed by atoms with Crippen molar-refractivity contribution in [2.24, 2.45) is 5.92 Å². The molecule has 2 rings (SSSR count). The molecule has 1 fully saturated rings. The number of nitrogens with one attached hydrogen (secondary N) is 2. The molecule has 1 aliphatic heterocycles. The van der Waals surface area contributed by atoms with Crippen molar-refractivity contribution in [2.45, 2.75) is 32.6 Å². The third kappa shape index (κ3) is 3.47. The number of hydrogen-bond acceptors (Lipinski definition) is 5. The largest absolute Gasteiger partial charge is 0.316 e. The number of carbonyl (C=O) groups excluding carboxylic acids is 1. The Morgan fingerprint density at radius 1 is 1.59 bits per heavy atom. The van der Waals surface area contributed by atoms with Gasteiger partial charge in [0.25, 0.3) is 0 Å². The molecule has 0 aliphatic carbocycles. The second kappa shape index (κ2) is 6.07. The van der Waals surface area contributed by atoms with Crippen LogP contribution in [0, 0.1) is 5.92 Å². The van der Waals surface area contributed by atoms with E-state index in [0.29, 0.717) is 5.13 Å². The van der Waals surface area contributed by atoms with E-state index in [1.54, 1.807) is 0 Å². The zero-order valence-electron chi connectivity index (χ0n) is 10.0. The highest BCUT2D eigenvalue weighted by Gasteiger charge is 2.23. The summed E-state index contributed by atoms with van der Waals surface area (Å²) < 4.78 is 0. The molecule has 0 spiro atoms.